The number of nitrogens with zero attached hydrogens (tertiary/aromatic N) is 2. The Morgan fingerprint density at radius 2 is 0.227 bits per heavy atom. The molecule has 314 valence electrons. The molecular weight excluding hydrogens is 1000 g/mol. The maximum absolute atomic E-state index is 4.02. The minimum atomic E-state index is 0. The summed E-state index contributed by atoms with van der Waals surface area (Å²) in [6, 6.07) is 0. The number of hydrogen-bond donors (Lipinski definition) is 0. The van der Waals surface area contributed by atoms with Crippen molar-refractivity contribution in [1.82, 2.24) is 0 Å². The Hall–Kier alpha value is 2.92. The molecule has 0 aliphatic heterocycles. The monoisotopic (exact) mass is 1140 g/mol. The van der Waals surface area contributed by atoms with E-state index < -0.39 is 0 Å². The van der Waals surface area contributed by atoms with Gasteiger partial charge in [-0.3, -0.25) is 0 Å². The third kappa shape index (κ3) is 10100. The summed E-state index contributed by atoms with van der Waals surface area (Å²) in [7, 11) is 3.13. The van der Waals surface area contributed by atoms with Crippen molar-refractivity contribution < 1.29 is 88.1 Å². The molecular formula is C38H132Ac2N2S2-2. The van der Waals surface area contributed by atoms with Gasteiger partial charge in [0.05, 0.1) is 0 Å². The van der Waals surface area contributed by atoms with Crippen LogP contribution in [-0.2, 0) is 24.9 Å². The van der Waals surface area contributed by atoms with Gasteiger partial charge in [-0.25, -0.2) is 8.73 Å². The molecule has 0 N–H and O–H groups in total. The van der Waals surface area contributed by atoms with E-state index in [-0.39, 0.29) is 237 Å². The minimum Gasteiger partial charge on any atom is -0.358 e. The normalized spacial score (nSPS) is 1.68. The Morgan fingerprint density at radius 3 is 0.227 bits per heavy atom. The summed E-state index contributed by atoms with van der Waals surface area (Å²) in [5.41, 5.74) is 0. The largest absolute Gasteiger partial charge is 0.358 e. The Balaban J connectivity index is -0.00000000115. The van der Waals surface area contributed by atoms with Crippen LogP contribution in [0.25, 0.3) is 0 Å². The first kappa shape index (κ1) is 444. The zero-order chi connectivity index (χ0) is 21.4. The molecule has 2 nitrogen and oxygen atoms in total. The fourth-order valence-electron chi connectivity index (χ4n) is 0. The van der Waals surface area contributed by atoms with Crippen LogP contribution in [0.4, 0.5) is 0 Å². The first-order chi connectivity index (χ1) is 10.8. The number of rotatable bonds is 0. The maximum Gasteiger partial charge on any atom is 0.0409 e. The second kappa shape index (κ2) is 3820. The molecule has 0 rings (SSSR count). The van der Waals surface area contributed by atoms with Gasteiger partial charge in [-0.2, -0.15) is 0 Å². The van der Waals surface area contributed by atoms with E-state index in [9.17, 15) is 0 Å². The zero-order valence-electron chi connectivity index (χ0n) is 22.9. The molecule has 0 aliphatic rings. The van der Waals surface area contributed by atoms with Crippen LogP contribution in [0.15, 0.2) is 8.73 Å². The molecule has 0 heterocycles. The molecule has 6 heteroatoms. The molecule has 0 fully saturated rings. The van der Waals surface area contributed by atoms with Gasteiger partial charge in [-0.15, -0.1) is 0 Å². The van der Waals surface area contributed by atoms with Gasteiger partial charge in [0.25, 0.3) is 0 Å². The molecule has 0 aromatic carbocycles. The van der Waals surface area contributed by atoms with Crippen LogP contribution in [0.5, 0.6) is 0 Å². The Labute approximate surface area is 390 Å². The van der Waals surface area contributed by atoms with Crippen LogP contribution in [0.1, 0.15) is 244 Å². The average Bonchev–Trinajstić information content (AvgIpc) is 2.69. The van der Waals surface area contributed by atoms with E-state index in [4.69, 9.17) is 0 Å². The molecule has 0 saturated heterocycles. The molecule has 0 aromatic heterocycles. The second-order valence-electron chi connectivity index (χ2n) is 0.365. The summed E-state index contributed by atoms with van der Waals surface area (Å²) in [4.78, 5) is 0. The molecule has 2 radical (unpaired) electrons. The molecule has 0 atom stereocenters. The smallest absolute Gasteiger partial charge is 0.0409 e. The van der Waals surface area contributed by atoms with E-state index in [2.05, 4.69) is 33.6 Å². The van der Waals surface area contributed by atoms with Gasteiger partial charge in [0.15, 0.2) is 0 Å². The summed E-state index contributed by atoms with van der Waals surface area (Å²) in [5, 5.41) is 0. The summed E-state index contributed by atoms with van der Waals surface area (Å²) in [5.74, 6) is 0. The Morgan fingerprint density at radius 1 is 0.227 bits per heavy atom. The van der Waals surface area contributed by atoms with E-state index in [1.54, 1.807) is 14.1 Å². The maximum atomic E-state index is 4.02. The van der Waals surface area contributed by atoms with Crippen LogP contribution < -0.4 is 0 Å². The van der Waals surface area contributed by atoms with Crippen molar-refractivity contribution in [2.75, 3.05) is 14.1 Å². The number of hydrogen-bond acceptors (Lipinski definition) is 4. The molecule has 0 aromatic rings. The van der Waals surface area contributed by atoms with Gasteiger partial charge in [0.1, 0.15) is 0 Å². The van der Waals surface area contributed by atoms with Crippen LogP contribution in [0.2, 0.25) is 0 Å². The molecule has 0 amide bonds. The summed E-state index contributed by atoms with van der Waals surface area (Å²) >= 11 is 8.04. The van der Waals surface area contributed by atoms with Crippen molar-refractivity contribution >= 4 is 24.9 Å². The molecule has 0 bridgehead atoms. The Kier molecular flexibility index (Phi) is 38600. The van der Waals surface area contributed by atoms with Crippen molar-refractivity contribution in [3.63, 3.8) is 0 Å². The predicted molar refractivity (Wildman–Crippen MR) is 256 cm³/mol. The zero-order valence-corrected chi connectivity index (χ0v) is 34.0. The third-order valence-corrected chi connectivity index (χ3v) is 0. The van der Waals surface area contributed by atoms with Gasteiger partial charge in [0.2, 0.25) is 0 Å². The molecule has 0 spiro atoms. The van der Waals surface area contributed by atoms with Gasteiger partial charge in [-0.1, -0.05) is 244 Å². The second-order valence-corrected chi connectivity index (χ2v) is 1.10. The van der Waals surface area contributed by atoms with E-state index in [1.165, 1.54) is 0 Å². The van der Waals surface area contributed by atoms with Gasteiger partial charge < -0.3 is 14.9 Å². The van der Waals surface area contributed by atoms with E-state index in [0.717, 1.165) is 0 Å². The third-order valence-electron chi connectivity index (χ3n) is 0. The van der Waals surface area contributed by atoms with Gasteiger partial charge in [-0.05, 0) is 0 Å². The minimum absolute atomic E-state index is 0. The predicted octanol–water partition coefficient (Wildman–Crippen LogP) is 21.3. The fourth-order valence-corrected chi connectivity index (χ4v) is 0. The van der Waals surface area contributed by atoms with Crippen molar-refractivity contribution in [1.29, 1.82) is 0 Å². The van der Waals surface area contributed by atoms with Crippen molar-refractivity contribution in [2.45, 2.75) is 244 Å². The molecule has 44 heavy (non-hydrogen) atoms. The van der Waals surface area contributed by atoms with Crippen LogP contribution in [-0.4, -0.2) is 14.1 Å². The first-order valence-electron chi connectivity index (χ1n) is 9.26. The van der Waals surface area contributed by atoms with E-state index in [0.29, 0.717) is 0 Å². The Bertz CT molecular complexity index is 55.8. The molecule has 0 aliphatic carbocycles. The van der Waals surface area contributed by atoms with Crippen molar-refractivity contribution in [2.24, 2.45) is 8.73 Å². The van der Waals surface area contributed by atoms with Gasteiger partial charge in [0, 0.05) is 127 Å². The summed E-state index contributed by atoms with van der Waals surface area (Å²) in [6.07, 6.45) is 0. The molecule has 0 unspecified atom stereocenters. The topological polar surface area (TPSA) is 24.7 Å². The summed E-state index contributed by atoms with van der Waals surface area (Å²) in [6.45, 7) is 32.0. The van der Waals surface area contributed by atoms with Crippen molar-refractivity contribution in [3.05, 3.63) is 14.9 Å². The van der Waals surface area contributed by atoms with E-state index >= 15 is 0 Å². The fraction of sp³-hybridized carbons (Fsp3) is 0.947. The quantitative estimate of drug-likeness (QED) is 0.226. The standard InChI is InChI=1S/8C2H6.2CH3NS.18CH4.2CH3.2Ac/c8*1-2;2*1-2-3;;;;;;;;;;;;;;;;;;;;;;/h8*1-2H3;2*1H3;18*1H4;2*1H3;;/q;;;;;;;;;;;;;;;;;;;;;;;;;;;;2*-1;;. The van der Waals surface area contributed by atoms with Crippen molar-refractivity contribution in [3.8, 4) is 0 Å². The van der Waals surface area contributed by atoms with Crippen LogP contribution >= 0.6 is 0 Å². The SMILES string of the molecule is C.C.C.C.C.C.C.C.C.C.C.C.C.C.C.C.C.C.CC.CC.CC.CC.CC.CC.CC.CC.CN=S.CN=S.[Ac].[Ac].[CH3-].[CH3-]. The molecule has 0 saturated carbocycles. The van der Waals surface area contributed by atoms with E-state index in [1.807, 2.05) is 111 Å². The van der Waals surface area contributed by atoms with Gasteiger partial charge >= 0.3 is 0 Å². The summed E-state index contributed by atoms with van der Waals surface area (Å²) < 4.78 is 6.17. The first-order valence-corrected chi connectivity index (χ1v) is 9.99. The average molecular weight is 1140 g/mol. The van der Waals surface area contributed by atoms with Crippen LogP contribution in [0, 0.1) is 103 Å². The van der Waals surface area contributed by atoms with Crippen LogP contribution in [0.3, 0.4) is 0 Å².